The highest BCUT2D eigenvalue weighted by atomic mass is 35.5. The first-order valence-corrected chi connectivity index (χ1v) is 7.19. The van der Waals surface area contributed by atoms with Crippen molar-refractivity contribution in [1.82, 2.24) is 0 Å². The first-order chi connectivity index (χ1) is 9.45. The van der Waals surface area contributed by atoms with Crippen LogP contribution in [-0.2, 0) is 6.42 Å². The normalized spacial score (nSPS) is 12.2. The van der Waals surface area contributed by atoms with Crippen LogP contribution in [0, 0.1) is 6.92 Å². The van der Waals surface area contributed by atoms with Gasteiger partial charge in [0.25, 0.3) is 0 Å². The van der Waals surface area contributed by atoms with Gasteiger partial charge in [-0.1, -0.05) is 29.3 Å². The zero-order chi connectivity index (χ0) is 14.7. The molecule has 2 nitrogen and oxygen atoms in total. The highest BCUT2D eigenvalue weighted by Gasteiger charge is 2.06. The molecule has 0 spiro atoms. The average molecular weight is 310 g/mol. The number of rotatable bonds is 4. The van der Waals surface area contributed by atoms with Gasteiger partial charge in [-0.25, -0.2) is 0 Å². The van der Waals surface area contributed by atoms with Gasteiger partial charge in [0.15, 0.2) is 0 Å². The Hall–Kier alpha value is -1.22. The van der Waals surface area contributed by atoms with Gasteiger partial charge in [0.1, 0.15) is 11.5 Å². The Kier molecular flexibility index (Phi) is 4.92. The van der Waals surface area contributed by atoms with Crippen molar-refractivity contribution in [2.75, 3.05) is 0 Å². The van der Waals surface area contributed by atoms with Crippen LogP contribution >= 0.6 is 23.2 Å². The Morgan fingerprint density at radius 3 is 2.30 bits per heavy atom. The monoisotopic (exact) mass is 309 g/mol. The van der Waals surface area contributed by atoms with Crippen LogP contribution in [0.3, 0.4) is 0 Å². The van der Waals surface area contributed by atoms with Crippen LogP contribution in [0.5, 0.6) is 11.5 Å². The van der Waals surface area contributed by atoms with Crippen LogP contribution in [0.15, 0.2) is 36.4 Å². The third-order valence-corrected chi connectivity index (χ3v) is 3.71. The zero-order valence-electron chi connectivity index (χ0n) is 11.5. The van der Waals surface area contributed by atoms with E-state index in [1.54, 1.807) is 0 Å². The zero-order valence-corrected chi connectivity index (χ0v) is 13.0. The summed E-state index contributed by atoms with van der Waals surface area (Å²) in [5.41, 5.74) is 7.79. The summed E-state index contributed by atoms with van der Waals surface area (Å²) in [6, 6.07) is 11.3. The highest BCUT2D eigenvalue weighted by molar-refractivity contribution is 6.31. The Labute approximate surface area is 129 Å². The van der Waals surface area contributed by atoms with E-state index in [0.29, 0.717) is 10.8 Å². The fourth-order valence-corrected chi connectivity index (χ4v) is 2.29. The molecule has 0 radical (unpaired) electrons. The molecule has 4 heteroatoms. The SMILES string of the molecule is Cc1cc(Oc2ccc(CC(C)N)c(Cl)c2)ccc1Cl. The Morgan fingerprint density at radius 1 is 1.05 bits per heavy atom. The Morgan fingerprint density at radius 2 is 1.70 bits per heavy atom. The van der Waals surface area contributed by atoms with E-state index < -0.39 is 0 Å². The first-order valence-electron chi connectivity index (χ1n) is 6.43. The van der Waals surface area contributed by atoms with E-state index in [2.05, 4.69) is 0 Å². The van der Waals surface area contributed by atoms with E-state index in [-0.39, 0.29) is 6.04 Å². The molecule has 1 atom stereocenters. The van der Waals surface area contributed by atoms with Crippen molar-refractivity contribution in [3.05, 3.63) is 57.6 Å². The predicted molar refractivity (Wildman–Crippen MR) is 85.1 cm³/mol. The topological polar surface area (TPSA) is 35.2 Å². The lowest BCUT2D eigenvalue weighted by Gasteiger charge is -2.11. The summed E-state index contributed by atoms with van der Waals surface area (Å²) in [7, 11) is 0. The molecule has 2 aromatic carbocycles. The molecule has 0 aliphatic carbocycles. The van der Waals surface area contributed by atoms with Crippen molar-refractivity contribution in [1.29, 1.82) is 0 Å². The van der Waals surface area contributed by atoms with Crippen molar-refractivity contribution in [2.45, 2.75) is 26.3 Å². The number of hydrogen-bond acceptors (Lipinski definition) is 2. The summed E-state index contributed by atoms with van der Waals surface area (Å²) < 4.78 is 5.78. The summed E-state index contributed by atoms with van der Waals surface area (Å²) in [6.45, 7) is 3.89. The summed E-state index contributed by atoms with van der Waals surface area (Å²) in [6.07, 6.45) is 0.749. The fraction of sp³-hybridized carbons (Fsp3) is 0.250. The number of benzene rings is 2. The second kappa shape index (κ2) is 6.49. The third-order valence-electron chi connectivity index (χ3n) is 2.93. The fourth-order valence-electron chi connectivity index (χ4n) is 1.92. The number of halogens is 2. The highest BCUT2D eigenvalue weighted by Crippen LogP contribution is 2.29. The van der Waals surface area contributed by atoms with Gasteiger partial charge < -0.3 is 10.5 Å². The maximum Gasteiger partial charge on any atom is 0.128 e. The van der Waals surface area contributed by atoms with E-state index in [1.807, 2.05) is 50.2 Å². The van der Waals surface area contributed by atoms with Gasteiger partial charge in [-0.2, -0.15) is 0 Å². The molecule has 0 amide bonds. The van der Waals surface area contributed by atoms with Crippen LogP contribution in [0.2, 0.25) is 10.0 Å². The van der Waals surface area contributed by atoms with Crippen LogP contribution < -0.4 is 10.5 Å². The van der Waals surface area contributed by atoms with Crippen molar-refractivity contribution in [2.24, 2.45) is 5.73 Å². The minimum absolute atomic E-state index is 0.0817. The first kappa shape index (κ1) is 15.2. The molecule has 0 saturated carbocycles. The Balaban J connectivity index is 2.17. The molecule has 2 aromatic rings. The standard InChI is InChI=1S/C16H17Cl2NO/c1-10-7-13(5-6-15(10)17)20-14-4-3-12(8-11(2)19)16(18)9-14/h3-7,9,11H,8,19H2,1-2H3. The van der Waals surface area contributed by atoms with Crippen LogP contribution in [0.4, 0.5) is 0 Å². The van der Waals surface area contributed by atoms with Gasteiger partial charge in [0.2, 0.25) is 0 Å². The molecule has 1 unspecified atom stereocenters. The van der Waals surface area contributed by atoms with E-state index in [0.717, 1.165) is 28.3 Å². The molecule has 0 aliphatic rings. The third kappa shape index (κ3) is 3.89. The number of hydrogen-bond donors (Lipinski definition) is 1. The number of aryl methyl sites for hydroxylation is 1. The van der Waals surface area contributed by atoms with Gasteiger partial charge in [0.05, 0.1) is 0 Å². The lowest BCUT2D eigenvalue weighted by atomic mass is 10.1. The Bertz CT molecular complexity index is 611. The molecule has 0 aromatic heterocycles. The summed E-state index contributed by atoms with van der Waals surface area (Å²) in [4.78, 5) is 0. The van der Waals surface area contributed by atoms with Crippen LogP contribution in [-0.4, -0.2) is 6.04 Å². The molecule has 2 N–H and O–H groups in total. The van der Waals surface area contributed by atoms with Crippen molar-refractivity contribution in [3.63, 3.8) is 0 Å². The quantitative estimate of drug-likeness (QED) is 0.864. The van der Waals surface area contributed by atoms with Crippen molar-refractivity contribution < 1.29 is 4.74 Å². The molecule has 20 heavy (non-hydrogen) atoms. The molecule has 106 valence electrons. The molecule has 0 bridgehead atoms. The number of ether oxygens (including phenoxy) is 1. The molecule has 0 fully saturated rings. The second-order valence-corrected chi connectivity index (χ2v) is 5.76. The molecule has 2 rings (SSSR count). The van der Waals surface area contributed by atoms with E-state index in [9.17, 15) is 0 Å². The summed E-state index contributed by atoms with van der Waals surface area (Å²) in [5, 5.41) is 1.40. The smallest absolute Gasteiger partial charge is 0.128 e. The van der Waals surface area contributed by atoms with Gasteiger partial charge in [-0.15, -0.1) is 0 Å². The van der Waals surface area contributed by atoms with E-state index in [1.165, 1.54) is 0 Å². The van der Waals surface area contributed by atoms with Crippen molar-refractivity contribution in [3.8, 4) is 11.5 Å². The molecule has 0 heterocycles. The maximum atomic E-state index is 6.24. The van der Waals surface area contributed by atoms with Crippen molar-refractivity contribution >= 4 is 23.2 Å². The summed E-state index contributed by atoms with van der Waals surface area (Å²) in [5.74, 6) is 1.44. The predicted octanol–water partition coefficient (Wildman–Crippen LogP) is 4.98. The van der Waals surface area contributed by atoms with Crippen LogP contribution in [0.25, 0.3) is 0 Å². The lowest BCUT2D eigenvalue weighted by Crippen LogP contribution is -2.17. The summed E-state index contributed by atoms with van der Waals surface area (Å²) >= 11 is 12.2. The average Bonchev–Trinajstić information content (AvgIpc) is 2.37. The minimum Gasteiger partial charge on any atom is -0.457 e. The molecule has 0 saturated heterocycles. The maximum absolute atomic E-state index is 6.24. The van der Waals surface area contributed by atoms with E-state index >= 15 is 0 Å². The molecular weight excluding hydrogens is 293 g/mol. The van der Waals surface area contributed by atoms with E-state index in [4.69, 9.17) is 33.7 Å². The van der Waals surface area contributed by atoms with Gasteiger partial charge in [0, 0.05) is 16.1 Å². The lowest BCUT2D eigenvalue weighted by molar-refractivity contribution is 0.482. The molecular formula is C16H17Cl2NO. The van der Waals surface area contributed by atoms with Crippen LogP contribution in [0.1, 0.15) is 18.1 Å². The van der Waals surface area contributed by atoms with Gasteiger partial charge in [-0.05, 0) is 61.7 Å². The largest absolute Gasteiger partial charge is 0.457 e. The molecule has 0 aliphatic heterocycles. The second-order valence-electron chi connectivity index (χ2n) is 4.95. The number of nitrogens with two attached hydrogens (primary N) is 1. The minimum atomic E-state index is 0.0817. The van der Waals surface area contributed by atoms with Gasteiger partial charge >= 0.3 is 0 Å². The van der Waals surface area contributed by atoms with Gasteiger partial charge in [-0.3, -0.25) is 0 Å².